The maximum Gasteiger partial charge on any atom is 0.273 e. The Morgan fingerprint density at radius 3 is 2.22 bits per heavy atom. The van der Waals surface area contributed by atoms with Gasteiger partial charge in [0.05, 0.1) is 11.1 Å². The van der Waals surface area contributed by atoms with Crippen LogP contribution in [-0.2, 0) is 14.8 Å². The van der Waals surface area contributed by atoms with E-state index in [1.807, 2.05) is 0 Å². The van der Waals surface area contributed by atoms with Crippen molar-refractivity contribution in [3.8, 4) is 0 Å². The first kappa shape index (κ1) is 19.4. The molecule has 0 saturated carbocycles. The van der Waals surface area contributed by atoms with E-state index in [-0.39, 0.29) is 18.8 Å². The lowest BCUT2D eigenvalue weighted by atomic mass is 10.2. The number of benzene rings is 1. The van der Waals surface area contributed by atoms with Crippen LogP contribution < -0.4 is 5.84 Å². The second-order valence-electron chi connectivity index (χ2n) is 6.42. The third-order valence-electron chi connectivity index (χ3n) is 4.77. The van der Waals surface area contributed by atoms with Crippen molar-refractivity contribution in [2.75, 3.05) is 20.1 Å². The third kappa shape index (κ3) is 3.56. The molecule has 2 atom stereocenters. The van der Waals surface area contributed by atoms with Gasteiger partial charge in [0.15, 0.2) is 0 Å². The van der Waals surface area contributed by atoms with E-state index >= 15 is 0 Å². The summed E-state index contributed by atoms with van der Waals surface area (Å²) < 4.78 is 54.2. The Labute approximate surface area is 155 Å². The summed E-state index contributed by atoms with van der Waals surface area (Å²) in [5.74, 6) is 2.77. The first-order valence-corrected chi connectivity index (χ1v) is 9.71. The summed E-state index contributed by atoms with van der Waals surface area (Å²) in [5.41, 5.74) is 0.0698. The van der Waals surface area contributed by atoms with Gasteiger partial charge in [-0.15, -0.1) is 0 Å². The Morgan fingerprint density at radius 1 is 1.19 bits per heavy atom. The molecule has 8 nitrogen and oxygen atoms in total. The van der Waals surface area contributed by atoms with Gasteiger partial charge in [0.1, 0.15) is 17.3 Å². The maximum absolute atomic E-state index is 13.5. The number of aliphatic imine (C=N–C) groups is 1. The van der Waals surface area contributed by atoms with Gasteiger partial charge in [-0.05, 0) is 25.0 Å². The number of fused-ring (bicyclic) bond motifs is 2. The summed E-state index contributed by atoms with van der Waals surface area (Å²) in [6.45, 7) is 0.313. The Bertz CT molecular complexity index is 884. The Morgan fingerprint density at radius 2 is 1.74 bits per heavy atom. The largest absolute Gasteiger partial charge is 0.334 e. The minimum Gasteiger partial charge on any atom is -0.334 e. The highest BCUT2D eigenvalue weighted by Crippen LogP contribution is 2.35. The van der Waals surface area contributed by atoms with Crippen molar-refractivity contribution < 1.29 is 22.0 Å². The van der Waals surface area contributed by atoms with Gasteiger partial charge < -0.3 is 10.7 Å². The number of hydrazone groups is 1. The van der Waals surface area contributed by atoms with Crippen LogP contribution in [0.3, 0.4) is 0 Å². The van der Waals surface area contributed by atoms with Crippen LogP contribution in [0.2, 0.25) is 0 Å². The molecule has 2 fully saturated rings. The van der Waals surface area contributed by atoms with Gasteiger partial charge in [-0.3, -0.25) is 9.79 Å². The first-order chi connectivity index (χ1) is 12.8. The predicted molar refractivity (Wildman–Crippen MR) is 94.8 cm³/mol. The van der Waals surface area contributed by atoms with E-state index < -0.39 is 44.5 Å². The molecule has 2 aliphatic rings. The number of hydrogen-bond donors (Lipinski definition) is 1. The normalized spacial score (nSPS) is 24.0. The standard InChI is InChI=1S/C16H19F2N5O3S/c1-20-15(7-21-19)16(24)22-8-12-2-3-13(9-22)23(12)27(25,26)14-5-10(17)4-11(18)6-14/h4-7,12-13H,2-3,8-9,19H2,1H3. The lowest BCUT2D eigenvalue weighted by molar-refractivity contribution is -0.126. The molecular weight excluding hydrogens is 380 g/mol. The van der Waals surface area contributed by atoms with Crippen LogP contribution in [-0.4, -0.2) is 67.7 Å². The fourth-order valence-corrected chi connectivity index (χ4v) is 5.56. The molecule has 0 aromatic heterocycles. The lowest BCUT2D eigenvalue weighted by Gasteiger charge is -2.40. The van der Waals surface area contributed by atoms with E-state index in [1.165, 1.54) is 16.3 Å². The van der Waals surface area contributed by atoms with Crippen LogP contribution in [0.25, 0.3) is 0 Å². The molecule has 2 N–H and O–H groups in total. The predicted octanol–water partition coefficient (Wildman–Crippen LogP) is 0.344. The van der Waals surface area contributed by atoms with E-state index in [2.05, 4.69) is 10.1 Å². The SMILES string of the molecule is CN=C(C=NN)C(=O)N1CC2CCC(C1)N2S(=O)(=O)c1cc(F)cc(F)c1. The molecule has 11 heteroatoms. The molecule has 2 saturated heterocycles. The van der Waals surface area contributed by atoms with Crippen molar-refractivity contribution in [2.24, 2.45) is 15.9 Å². The number of amides is 1. The van der Waals surface area contributed by atoms with E-state index in [1.54, 1.807) is 0 Å². The molecule has 2 aliphatic heterocycles. The molecule has 2 unspecified atom stereocenters. The van der Waals surface area contributed by atoms with Crippen LogP contribution in [0.1, 0.15) is 12.8 Å². The number of nitrogens with two attached hydrogens (primary N) is 1. The first-order valence-electron chi connectivity index (χ1n) is 8.27. The summed E-state index contributed by atoms with van der Waals surface area (Å²) in [7, 11) is -2.66. The number of likely N-dealkylation sites (tertiary alicyclic amines) is 1. The van der Waals surface area contributed by atoms with Crippen LogP contribution in [0.4, 0.5) is 8.78 Å². The maximum atomic E-state index is 13.5. The number of hydrogen-bond acceptors (Lipinski definition) is 6. The molecule has 2 heterocycles. The molecular formula is C16H19F2N5O3S. The van der Waals surface area contributed by atoms with Gasteiger partial charge >= 0.3 is 0 Å². The van der Waals surface area contributed by atoms with Crippen molar-refractivity contribution in [3.05, 3.63) is 29.8 Å². The van der Waals surface area contributed by atoms with E-state index in [0.717, 1.165) is 18.3 Å². The summed E-state index contributed by atoms with van der Waals surface area (Å²) in [5, 5.41) is 3.31. The Hall–Kier alpha value is -2.40. The minimum atomic E-state index is -4.09. The monoisotopic (exact) mass is 399 g/mol. The molecule has 0 aliphatic carbocycles. The fraction of sp³-hybridized carbons (Fsp3) is 0.438. The Balaban J connectivity index is 1.86. The molecule has 3 rings (SSSR count). The van der Waals surface area contributed by atoms with Crippen molar-refractivity contribution in [3.63, 3.8) is 0 Å². The summed E-state index contributed by atoms with van der Waals surface area (Å²) >= 11 is 0. The average Bonchev–Trinajstić information content (AvgIpc) is 2.89. The van der Waals surface area contributed by atoms with Gasteiger partial charge in [-0.25, -0.2) is 17.2 Å². The molecule has 146 valence electrons. The zero-order valence-electron chi connectivity index (χ0n) is 14.5. The van der Waals surface area contributed by atoms with Crippen LogP contribution in [0.15, 0.2) is 33.2 Å². The van der Waals surface area contributed by atoms with Gasteiger partial charge in [0.2, 0.25) is 10.0 Å². The number of carbonyl (C=O) groups excluding carboxylic acids is 1. The summed E-state index contributed by atoms with van der Waals surface area (Å²) in [4.78, 5) is 17.5. The number of rotatable bonds is 4. The molecule has 1 amide bonds. The summed E-state index contributed by atoms with van der Waals surface area (Å²) in [6.07, 6.45) is 2.24. The zero-order valence-corrected chi connectivity index (χ0v) is 15.4. The number of halogens is 2. The number of piperazine rings is 1. The van der Waals surface area contributed by atoms with Gasteiger partial charge in [-0.2, -0.15) is 9.41 Å². The molecule has 0 radical (unpaired) electrons. The quantitative estimate of drug-likeness (QED) is 0.447. The number of nitrogens with zero attached hydrogens (tertiary/aromatic N) is 4. The lowest BCUT2D eigenvalue weighted by Crippen LogP contribution is -2.58. The number of carbonyl (C=O) groups is 1. The highest BCUT2D eigenvalue weighted by molar-refractivity contribution is 7.89. The van der Waals surface area contributed by atoms with E-state index in [4.69, 9.17) is 5.84 Å². The van der Waals surface area contributed by atoms with Gasteiger partial charge in [0.25, 0.3) is 5.91 Å². The highest BCUT2D eigenvalue weighted by Gasteiger charge is 2.48. The van der Waals surface area contributed by atoms with Crippen LogP contribution in [0.5, 0.6) is 0 Å². The van der Waals surface area contributed by atoms with Crippen molar-refractivity contribution in [1.29, 1.82) is 0 Å². The smallest absolute Gasteiger partial charge is 0.273 e. The average molecular weight is 399 g/mol. The van der Waals surface area contributed by atoms with E-state index in [0.29, 0.717) is 18.9 Å². The summed E-state index contributed by atoms with van der Waals surface area (Å²) in [6, 6.07) is 1.27. The van der Waals surface area contributed by atoms with Gasteiger partial charge in [0, 0.05) is 38.3 Å². The van der Waals surface area contributed by atoms with Crippen LogP contribution in [0, 0.1) is 11.6 Å². The van der Waals surface area contributed by atoms with Crippen molar-refractivity contribution in [2.45, 2.75) is 29.8 Å². The van der Waals surface area contributed by atoms with Crippen molar-refractivity contribution in [1.82, 2.24) is 9.21 Å². The molecule has 0 spiro atoms. The molecule has 1 aromatic rings. The zero-order chi connectivity index (χ0) is 19.8. The molecule has 1 aromatic carbocycles. The Kier molecular flexibility index (Phi) is 5.24. The second-order valence-corrected chi connectivity index (χ2v) is 8.27. The third-order valence-corrected chi connectivity index (χ3v) is 6.75. The van der Waals surface area contributed by atoms with Crippen LogP contribution >= 0.6 is 0 Å². The minimum absolute atomic E-state index is 0.0698. The van der Waals surface area contributed by atoms with Gasteiger partial charge in [-0.1, -0.05) is 0 Å². The molecule has 27 heavy (non-hydrogen) atoms. The fourth-order valence-electron chi connectivity index (χ4n) is 3.66. The molecule has 2 bridgehead atoms. The second kappa shape index (κ2) is 7.31. The highest BCUT2D eigenvalue weighted by atomic mass is 32.2. The topological polar surface area (TPSA) is 108 Å². The van der Waals surface area contributed by atoms with Crippen molar-refractivity contribution >= 4 is 27.9 Å². The number of sulfonamides is 1. The van der Waals surface area contributed by atoms with E-state index in [9.17, 15) is 22.0 Å².